The van der Waals surface area contributed by atoms with E-state index in [-0.39, 0.29) is 16.1 Å². The molecule has 1 aliphatic heterocycles. The third-order valence-corrected chi connectivity index (χ3v) is 6.62. The molecule has 1 saturated heterocycles. The van der Waals surface area contributed by atoms with Crippen molar-refractivity contribution in [3.63, 3.8) is 0 Å². The molecule has 0 radical (unpaired) electrons. The summed E-state index contributed by atoms with van der Waals surface area (Å²) in [6, 6.07) is 3.16. The Kier molecular flexibility index (Phi) is 4.02. The van der Waals surface area contributed by atoms with Crippen LogP contribution in [0.25, 0.3) is 0 Å². The molecule has 2 aliphatic rings. The molecule has 20 heavy (non-hydrogen) atoms. The summed E-state index contributed by atoms with van der Waals surface area (Å²) in [6.07, 6.45) is 8.08. The molecule has 0 bridgehead atoms. The maximum Gasteiger partial charge on any atom is 0.243 e. The summed E-state index contributed by atoms with van der Waals surface area (Å²) in [5.74, 6) is 0.532. The molecular weight excluding hydrogens is 296 g/mol. The zero-order valence-corrected chi connectivity index (χ0v) is 12.9. The van der Waals surface area contributed by atoms with Crippen LogP contribution in [-0.2, 0) is 10.0 Å². The van der Waals surface area contributed by atoms with Gasteiger partial charge in [-0.05, 0) is 43.7 Å². The van der Waals surface area contributed by atoms with Gasteiger partial charge in [-0.2, -0.15) is 4.31 Å². The second-order valence-electron chi connectivity index (χ2n) is 5.68. The van der Waals surface area contributed by atoms with Gasteiger partial charge >= 0.3 is 0 Å². The van der Waals surface area contributed by atoms with Crippen molar-refractivity contribution in [1.29, 1.82) is 0 Å². The van der Waals surface area contributed by atoms with Crippen molar-refractivity contribution in [2.75, 3.05) is 6.54 Å². The maximum atomic E-state index is 12.8. The number of sulfonamides is 1. The van der Waals surface area contributed by atoms with Crippen LogP contribution >= 0.6 is 11.6 Å². The molecule has 1 aromatic rings. The smallest absolute Gasteiger partial charge is 0.243 e. The van der Waals surface area contributed by atoms with Gasteiger partial charge in [0.1, 0.15) is 5.15 Å². The van der Waals surface area contributed by atoms with Crippen molar-refractivity contribution in [3.8, 4) is 0 Å². The molecule has 1 aliphatic carbocycles. The number of fused-ring (bicyclic) bond motifs is 1. The van der Waals surface area contributed by atoms with E-state index >= 15 is 0 Å². The van der Waals surface area contributed by atoms with E-state index in [4.69, 9.17) is 11.6 Å². The summed E-state index contributed by atoms with van der Waals surface area (Å²) in [6.45, 7) is 0.628. The molecule has 2 atom stereocenters. The van der Waals surface area contributed by atoms with Crippen molar-refractivity contribution in [3.05, 3.63) is 23.5 Å². The Morgan fingerprint density at radius 1 is 1.20 bits per heavy atom. The molecule has 0 amide bonds. The predicted molar refractivity (Wildman–Crippen MR) is 78.1 cm³/mol. The van der Waals surface area contributed by atoms with Crippen LogP contribution in [0.1, 0.15) is 38.5 Å². The Hall–Kier alpha value is -0.650. The van der Waals surface area contributed by atoms with E-state index in [1.54, 1.807) is 4.31 Å². The highest BCUT2D eigenvalue weighted by molar-refractivity contribution is 7.89. The van der Waals surface area contributed by atoms with E-state index in [0.717, 1.165) is 32.1 Å². The molecular formula is C14H19ClN2O2S. The van der Waals surface area contributed by atoms with Crippen molar-refractivity contribution in [2.24, 2.45) is 5.92 Å². The third kappa shape index (κ3) is 2.59. The minimum absolute atomic E-state index is 0.175. The van der Waals surface area contributed by atoms with Crippen molar-refractivity contribution < 1.29 is 8.42 Å². The Morgan fingerprint density at radius 2 is 1.95 bits per heavy atom. The zero-order valence-electron chi connectivity index (χ0n) is 11.3. The van der Waals surface area contributed by atoms with Crippen LogP contribution in [0.4, 0.5) is 0 Å². The SMILES string of the molecule is O=S(=O)(c1ccnc(Cl)c1)N1CCCC2CCCCC21. The highest BCUT2D eigenvalue weighted by Crippen LogP contribution is 2.38. The van der Waals surface area contributed by atoms with Gasteiger partial charge in [-0.1, -0.05) is 24.4 Å². The summed E-state index contributed by atoms with van der Waals surface area (Å²) in [4.78, 5) is 4.13. The van der Waals surface area contributed by atoms with Crippen LogP contribution in [0.15, 0.2) is 23.2 Å². The minimum atomic E-state index is -3.45. The van der Waals surface area contributed by atoms with Gasteiger partial charge in [-0.3, -0.25) is 0 Å². The number of halogens is 1. The quantitative estimate of drug-likeness (QED) is 0.788. The lowest BCUT2D eigenvalue weighted by molar-refractivity contribution is 0.129. The standard InChI is InChI=1S/C14H19ClN2O2S/c15-14-10-12(7-8-16-14)20(18,19)17-9-3-5-11-4-1-2-6-13(11)17/h7-8,10-11,13H,1-6,9H2. The minimum Gasteiger partial charge on any atom is -0.244 e. The van der Waals surface area contributed by atoms with Crippen LogP contribution in [0.2, 0.25) is 5.15 Å². The van der Waals surface area contributed by atoms with Gasteiger partial charge in [0.2, 0.25) is 10.0 Å². The van der Waals surface area contributed by atoms with Gasteiger partial charge < -0.3 is 0 Å². The van der Waals surface area contributed by atoms with Gasteiger partial charge in [0.25, 0.3) is 0 Å². The average molecular weight is 315 g/mol. The molecule has 1 saturated carbocycles. The molecule has 1 aromatic heterocycles. The number of hydrogen-bond donors (Lipinski definition) is 0. The highest BCUT2D eigenvalue weighted by atomic mass is 35.5. The van der Waals surface area contributed by atoms with Crippen LogP contribution in [0.5, 0.6) is 0 Å². The first-order valence-electron chi connectivity index (χ1n) is 7.22. The van der Waals surface area contributed by atoms with Gasteiger partial charge in [0.05, 0.1) is 4.90 Å². The molecule has 0 aromatic carbocycles. The maximum absolute atomic E-state index is 12.8. The highest BCUT2D eigenvalue weighted by Gasteiger charge is 2.39. The summed E-state index contributed by atoms with van der Waals surface area (Å²) < 4.78 is 27.4. The fourth-order valence-corrected chi connectivity index (χ4v) is 5.56. The Labute approximate surface area is 125 Å². The summed E-state index contributed by atoms with van der Waals surface area (Å²) in [5.41, 5.74) is 0. The van der Waals surface area contributed by atoms with Crippen molar-refractivity contribution in [1.82, 2.24) is 9.29 Å². The number of hydrogen-bond acceptors (Lipinski definition) is 3. The largest absolute Gasteiger partial charge is 0.244 e. The number of piperidine rings is 1. The van der Waals surface area contributed by atoms with E-state index in [1.165, 1.54) is 24.8 Å². The van der Waals surface area contributed by atoms with Crippen LogP contribution in [0.3, 0.4) is 0 Å². The molecule has 2 fully saturated rings. The second kappa shape index (κ2) is 5.62. The summed E-state index contributed by atoms with van der Waals surface area (Å²) in [5, 5.41) is 0.225. The first-order chi connectivity index (χ1) is 9.59. The zero-order chi connectivity index (χ0) is 14.2. The van der Waals surface area contributed by atoms with Crippen LogP contribution in [0, 0.1) is 5.92 Å². The monoisotopic (exact) mass is 314 g/mol. The van der Waals surface area contributed by atoms with Gasteiger partial charge in [0, 0.05) is 18.8 Å². The van der Waals surface area contributed by atoms with Crippen LogP contribution < -0.4 is 0 Å². The lowest BCUT2D eigenvalue weighted by Crippen LogP contribution is -2.49. The van der Waals surface area contributed by atoms with Crippen molar-refractivity contribution in [2.45, 2.75) is 49.5 Å². The van der Waals surface area contributed by atoms with Gasteiger partial charge in [0.15, 0.2) is 0 Å². The van der Waals surface area contributed by atoms with Crippen LogP contribution in [-0.4, -0.2) is 30.3 Å². The fraction of sp³-hybridized carbons (Fsp3) is 0.643. The lowest BCUT2D eigenvalue weighted by Gasteiger charge is -2.43. The Bertz CT molecular complexity index is 589. The second-order valence-corrected chi connectivity index (χ2v) is 7.96. The molecule has 0 spiro atoms. The Morgan fingerprint density at radius 3 is 2.75 bits per heavy atom. The molecule has 2 heterocycles. The molecule has 110 valence electrons. The molecule has 6 heteroatoms. The fourth-order valence-electron chi connectivity index (χ4n) is 3.56. The molecule has 2 unspecified atom stereocenters. The number of nitrogens with zero attached hydrogens (tertiary/aromatic N) is 2. The van der Waals surface area contributed by atoms with E-state index < -0.39 is 10.0 Å². The van der Waals surface area contributed by atoms with E-state index in [9.17, 15) is 8.42 Å². The lowest BCUT2D eigenvalue weighted by atomic mass is 9.79. The van der Waals surface area contributed by atoms with E-state index in [2.05, 4.69) is 4.98 Å². The molecule has 0 N–H and O–H groups in total. The normalized spacial score (nSPS) is 28.1. The first kappa shape index (κ1) is 14.3. The summed E-state index contributed by atoms with van der Waals surface area (Å²) in [7, 11) is -3.45. The summed E-state index contributed by atoms with van der Waals surface area (Å²) >= 11 is 5.83. The predicted octanol–water partition coefficient (Wildman–Crippen LogP) is 3.08. The average Bonchev–Trinajstić information content (AvgIpc) is 2.46. The van der Waals surface area contributed by atoms with Gasteiger partial charge in [-0.25, -0.2) is 13.4 Å². The molecule has 3 rings (SSSR count). The third-order valence-electron chi connectivity index (χ3n) is 4.50. The first-order valence-corrected chi connectivity index (χ1v) is 9.04. The molecule has 4 nitrogen and oxygen atoms in total. The Balaban J connectivity index is 1.93. The van der Waals surface area contributed by atoms with Crippen molar-refractivity contribution >= 4 is 21.6 Å². The number of rotatable bonds is 2. The van der Waals surface area contributed by atoms with Gasteiger partial charge in [-0.15, -0.1) is 0 Å². The number of pyridine rings is 1. The van der Waals surface area contributed by atoms with E-state index in [1.807, 2.05) is 0 Å². The number of aromatic nitrogens is 1. The topological polar surface area (TPSA) is 50.3 Å². The van der Waals surface area contributed by atoms with E-state index in [0.29, 0.717) is 12.5 Å².